The molecule has 3 rings (SSSR count). The predicted octanol–water partition coefficient (Wildman–Crippen LogP) is 2.71. The fourth-order valence-electron chi connectivity index (χ4n) is 3.64. The number of aryl methyl sites for hydroxylation is 2. The van der Waals surface area contributed by atoms with Crippen LogP contribution in [0.5, 0.6) is 0 Å². The molecule has 2 aromatic rings. The second-order valence-corrected chi connectivity index (χ2v) is 7.12. The number of hydrogen-bond acceptors (Lipinski definition) is 3. The van der Waals surface area contributed by atoms with Crippen molar-refractivity contribution in [3.63, 3.8) is 0 Å². The van der Waals surface area contributed by atoms with Crippen molar-refractivity contribution in [2.45, 2.75) is 45.7 Å². The van der Waals surface area contributed by atoms with Gasteiger partial charge in [-0.05, 0) is 37.3 Å². The Morgan fingerprint density at radius 3 is 2.78 bits per heavy atom. The van der Waals surface area contributed by atoms with Crippen molar-refractivity contribution in [2.75, 3.05) is 24.5 Å². The molecular weight excluding hydrogens is 336 g/mol. The highest BCUT2D eigenvalue weighted by molar-refractivity contribution is 5.80. The van der Waals surface area contributed by atoms with E-state index in [1.807, 2.05) is 17.9 Å². The van der Waals surface area contributed by atoms with Gasteiger partial charge in [0.1, 0.15) is 0 Å². The van der Waals surface area contributed by atoms with E-state index in [-0.39, 0.29) is 0 Å². The quantitative estimate of drug-likeness (QED) is 0.608. The minimum absolute atomic E-state index is 0.387. The number of anilines is 1. The molecule has 27 heavy (non-hydrogen) atoms. The summed E-state index contributed by atoms with van der Waals surface area (Å²) in [6.07, 6.45) is 7.41. The summed E-state index contributed by atoms with van der Waals surface area (Å²) >= 11 is 0. The first kappa shape index (κ1) is 19.3. The zero-order chi connectivity index (χ0) is 19.1. The van der Waals surface area contributed by atoms with E-state index >= 15 is 0 Å². The van der Waals surface area contributed by atoms with Crippen molar-refractivity contribution in [3.05, 3.63) is 47.8 Å². The molecule has 1 unspecified atom stereocenters. The zero-order valence-corrected chi connectivity index (χ0v) is 16.8. The Bertz CT molecular complexity index is 751. The van der Waals surface area contributed by atoms with Gasteiger partial charge in [-0.1, -0.05) is 31.2 Å². The van der Waals surface area contributed by atoms with Crippen LogP contribution in [0, 0.1) is 0 Å². The first-order valence-corrected chi connectivity index (χ1v) is 10.0. The molecular formula is C21H32N6. The molecule has 6 nitrogen and oxygen atoms in total. The Hall–Kier alpha value is -2.50. The van der Waals surface area contributed by atoms with Crippen molar-refractivity contribution in [1.82, 2.24) is 20.4 Å². The largest absolute Gasteiger partial charge is 0.367 e. The number of piperidine rings is 1. The van der Waals surface area contributed by atoms with Gasteiger partial charge < -0.3 is 15.5 Å². The van der Waals surface area contributed by atoms with Gasteiger partial charge >= 0.3 is 0 Å². The van der Waals surface area contributed by atoms with E-state index in [1.54, 1.807) is 0 Å². The van der Waals surface area contributed by atoms with E-state index < -0.39 is 0 Å². The average Bonchev–Trinajstić information content (AvgIpc) is 3.13. The number of hydrogen-bond donors (Lipinski definition) is 2. The zero-order valence-electron chi connectivity index (χ0n) is 16.8. The molecule has 0 aliphatic carbocycles. The van der Waals surface area contributed by atoms with Gasteiger partial charge in [-0.3, -0.25) is 4.68 Å². The lowest BCUT2D eigenvalue weighted by atomic mass is 10.1. The molecule has 2 N–H and O–H groups in total. The Balaban J connectivity index is 1.64. The van der Waals surface area contributed by atoms with Crippen molar-refractivity contribution in [2.24, 2.45) is 12.0 Å². The maximum absolute atomic E-state index is 4.85. The minimum Gasteiger partial charge on any atom is -0.367 e. The van der Waals surface area contributed by atoms with Crippen LogP contribution in [0.4, 0.5) is 5.69 Å². The van der Waals surface area contributed by atoms with Crippen molar-refractivity contribution in [1.29, 1.82) is 0 Å². The molecule has 2 heterocycles. The van der Waals surface area contributed by atoms with Gasteiger partial charge in [0.15, 0.2) is 5.96 Å². The molecule has 6 heteroatoms. The monoisotopic (exact) mass is 368 g/mol. The third kappa shape index (κ3) is 5.25. The highest BCUT2D eigenvalue weighted by atomic mass is 15.3. The molecule has 0 radical (unpaired) electrons. The molecule has 1 aromatic heterocycles. The second-order valence-electron chi connectivity index (χ2n) is 7.12. The molecule has 0 saturated carbocycles. The molecule has 1 aromatic carbocycles. The summed E-state index contributed by atoms with van der Waals surface area (Å²) in [7, 11) is 1.97. The average molecular weight is 369 g/mol. The van der Waals surface area contributed by atoms with E-state index in [4.69, 9.17) is 4.99 Å². The van der Waals surface area contributed by atoms with E-state index in [0.29, 0.717) is 12.6 Å². The molecule has 1 aliphatic heterocycles. The standard InChI is InChI=1S/C21H32N6/c1-4-17-9-6-7-10-18(17)13-23-21(22-5-2)25-19-11-8-12-27(15-19)20-14-24-26(3)16-20/h6-7,9-10,14,16,19H,4-5,8,11-13,15H2,1-3H3,(H2,22,23,25). The lowest BCUT2D eigenvalue weighted by molar-refractivity contribution is 0.468. The summed E-state index contributed by atoms with van der Waals surface area (Å²) in [5.74, 6) is 0.904. The summed E-state index contributed by atoms with van der Waals surface area (Å²) in [5.41, 5.74) is 3.87. The van der Waals surface area contributed by atoms with Crippen LogP contribution in [0.1, 0.15) is 37.8 Å². The fraction of sp³-hybridized carbons (Fsp3) is 0.524. The van der Waals surface area contributed by atoms with E-state index in [0.717, 1.165) is 38.4 Å². The van der Waals surface area contributed by atoms with Crippen LogP contribution in [0.25, 0.3) is 0 Å². The lowest BCUT2D eigenvalue weighted by Crippen LogP contribution is -2.51. The molecule has 1 atom stereocenters. The number of nitrogens with one attached hydrogen (secondary N) is 2. The third-order valence-electron chi connectivity index (χ3n) is 5.07. The van der Waals surface area contributed by atoms with E-state index in [9.17, 15) is 0 Å². The summed E-state index contributed by atoms with van der Waals surface area (Å²) in [6, 6.07) is 8.95. The fourth-order valence-corrected chi connectivity index (χ4v) is 3.64. The van der Waals surface area contributed by atoms with Gasteiger partial charge in [0.2, 0.25) is 0 Å². The van der Waals surface area contributed by atoms with Gasteiger partial charge in [0, 0.05) is 38.9 Å². The van der Waals surface area contributed by atoms with E-state index in [1.165, 1.54) is 23.2 Å². The van der Waals surface area contributed by atoms with Crippen molar-refractivity contribution in [3.8, 4) is 0 Å². The number of rotatable bonds is 6. The van der Waals surface area contributed by atoms with Gasteiger partial charge in [-0.25, -0.2) is 4.99 Å². The van der Waals surface area contributed by atoms with Crippen LogP contribution in [-0.2, 0) is 20.0 Å². The Kier molecular flexibility index (Phi) is 6.74. The first-order valence-electron chi connectivity index (χ1n) is 10.0. The molecule has 1 aliphatic rings. The van der Waals surface area contributed by atoms with Crippen LogP contribution in [0.15, 0.2) is 41.7 Å². The summed E-state index contributed by atoms with van der Waals surface area (Å²) < 4.78 is 1.86. The molecule has 0 bridgehead atoms. The molecule has 0 amide bonds. The number of aromatic nitrogens is 2. The minimum atomic E-state index is 0.387. The highest BCUT2D eigenvalue weighted by Gasteiger charge is 2.21. The second kappa shape index (κ2) is 9.44. The maximum atomic E-state index is 4.85. The van der Waals surface area contributed by atoms with Crippen molar-refractivity contribution >= 4 is 11.6 Å². The Morgan fingerprint density at radius 1 is 1.26 bits per heavy atom. The summed E-state index contributed by atoms with van der Waals surface area (Å²) in [4.78, 5) is 7.25. The lowest BCUT2D eigenvalue weighted by Gasteiger charge is -2.34. The first-order chi connectivity index (χ1) is 13.2. The smallest absolute Gasteiger partial charge is 0.191 e. The topological polar surface area (TPSA) is 57.5 Å². The van der Waals surface area contributed by atoms with Gasteiger partial charge in [0.05, 0.1) is 18.4 Å². The molecule has 1 fully saturated rings. The number of benzene rings is 1. The SMILES string of the molecule is CCNC(=NCc1ccccc1CC)NC1CCCN(c2cnn(C)c2)C1. The van der Waals surface area contributed by atoms with Crippen LogP contribution in [-0.4, -0.2) is 41.4 Å². The highest BCUT2D eigenvalue weighted by Crippen LogP contribution is 2.19. The van der Waals surface area contributed by atoms with Gasteiger partial charge in [-0.15, -0.1) is 0 Å². The number of guanidine groups is 1. The molecule has 146 valence electrons. The maximum Gasteiger partial charge on any atom is 0.191 e. The summed E-state index contributed by atoms with van der Waals surface area (Å²) in [5, 5.41) is 11.3. The van der Waals surface area contributed by atoms with E-state index in [2.05, 4.69) is 64.9 Å². The number of aliphatic imine (C=N–C) groups is 1. The van der Waals surface area contributed by atoms with Crippen LogP contribution in [0.2, 0.25) is 0 Å². The normalized spacial score (nSPS) is 17.8. The van der Waals surface area contributed by atoms with Gasteiger partial charge in [0.25, 0.3) is 0 Å². The van der Waals surface area contributed by atoms with Crippen LogP contribution < -0.4 is 15.5 Å². The third-order valence-corrected chi connectivity index (χ3v) is 5.07. The van der Waals surface area contributed by atoms with Gasteiger partial charge in [-0.2, -0.15) is 5.10 Å². The van der Waals surface area contributed by atoms with Crippen LogP contribution in [0.3, 0.4) is 0 Å². The summed E-state index contributed by atoms with van der Waals surface area (Å²) in [6.45, 7) is 7.93. The Morgan fingerprint density at radius 2 is 2.07 bits per heavy atom. The molecule has 0 spiro atoms. The molecule has 1 saturated heterocycles. The van der Waals surface area contributed by atoms with Crippen molar-refractivity contribution < 1.29 is 0 Å². The predicted molar refractivity (Wildman–Crippen MR) is 112 cm³/mol. The van der Waals surface area contributed by atoms with Crippen LogP contribution >= 0.6 is 0 Å². The number of nitrogens with zero attached hydrogens (tertiary/aromatic N) is 4. The Labute approximate surface area is 162 Å².